The topological polar surface area (TPSA) is 64.6 Å². The number of amides is 1. The molecule has 0 aliphatic heterocycles. The molecule has 5 nitrogen and oxygen atoms in total. The maximum atomic E-state index is 12.8. The van der Waals surface area contributed by atoms with E-state index in [2.05, 4.69) is 25.2 Å². The Morgan fingerprint density at radius 2 is 1.97 bits per heavy atom. The van der Waals surface area contributed by atoms with Crippen molar-refractivity contribution in [1.82, 2.24) is 5.32 Å². The van der Waals surface area contributed by atoms with Gasteiger partial charge in [0, 0.05) is 5.54 Å². The lowest BCUT2D eigenvalue weighted by atomic mass is 9.56. The molecular formula is C30H47NO4. The van der Waals surface area contributed by atoms with Gasteiger partial charge in [-0.1, -0.05) is 38.3 Å². The van der Waals surface area contributed by atoms with Gasteiger partial charge >= 0.3 is 12.1 Å². The number of carbonyl (C=O) groups is 2. The maximum Gasteiger partial charge on any atom is 0.408 e. The molecule has 8 unspecified atom stereocenters. The van der Waals surface area contributed by atoms with E-state index in [-0.39, 0.29) is 28.4 Å². The zero-order valence-electron chi connectivity index (χ0n) is 22.9. The average molecular weight is 486 g/mol. The molecule has 0 spiro atoms. The average Bonchev–Trinajstić information content (AvgIpc) is 3.21. The Hall–Kier alpha value is -1.52. The fourth-order valence-corrected chi connectivity index (χ4v) is 9.42. The Balaban J connectivity index is 1.26. The van der Waals surface area contributed by atoms with Crippen molar-refractivity contribution in [3.8, 4) is 0 Å². The number of nitrogens with one attached hydrogen (secondary N) is 1. The monoisotopic (exact) mass is 485 g/mol. The SMILES string of the molecule is COC(=O)C12CC3=CC(C)CC(CCC(C)CC4(NC(=O)OC(C)(C)C)CC5CCCC54)(CC31)C2. The highest BCUT2D eigenvalue weighted by molar-refractivity contribution is 5.81. The molecule has 0 aromatic carbocycles. The third-order valence-electron chi connectivity index (χ3n) is 10.4. The third kappa shape index (κ3) is 4.33. The van der Waals surface area contributed by atoms with Crippen molar-refractivity contribution in [3.05, 3.63) is 11.6 Å². The molecular weight excluding hydrogens is 438 g/mol. The molecule has 5 rings (SSSR count). The first-order valence-electron chi connectivity index (χ1n) is 14.2. The number of alkyl carbamates (subject to hydrolysis) is 1. The molecule has 4 fully saturated rings. The minimum Gasteiger partial charge on any atom is -0.469 e. The molecule has 1 N–H and O–H groups in total. The molecule has 196 valence electrons. The van der Waals surface area contributed by atoms with Crippen molar-refractivity contribution in [3.63, 3.8) is 0 Å². The summed E-state index contributed by atoms with van der Waals surface area (Å²) in [6.45, 7) is 10.5. The number of methoxy groups -OCH3 is 1. The predicted molar refractivity (Wildman–Crippen MR) is 137 cm³/mol. The number of rotatable bonds is 7. The summed E-state index contributed by atoms with van der Waals surface area (Å²) in [5.41, 5.74) is 0.915. The number of ether oxygens (including phenoxy) is 2. The zero-order valence-corrected chi connectivity index (χ0v) is 22.9. The molecule has 0 aromatic rings. The van der Waals surface area contributed by atoms with E-state index in [1.54, 1.807) is 7.11 Å². The molecule has 0 aromatic heterocycles. The molecule has 1 amide bonds. The predicted octanol–water partition coefficient (Wildman–Crippen LogP) is 6.80. The minimum absolute atomic E-state index is 0.0198. The molecule has 2 bridgehead atoms. The Labute approximate surface area is 212 Å². The van der Waals surface area contributed by atoms with Crippen LogP contribution in [0.15, 0.2) is 11.6 Å². The Morgan fingerprint density at radius 3 is 2.66 bits per heavy atom. The van der Waals surface area contributed by atoms with Crippen molar-refractivity contribution < 1.29 is 19.1 Å². The number of allylic oxidation sites excluding steroid dienone is 2. The van der Waals surface area contributed by atoms with E-state index in [4.69, 9.17) is 9.47 Å². The number of hydrogen-bond acceptors (Lipinski definition) is 4. The zero-order chi connectivity index (χ0) is 25.2. The van der Waals surface area contributed by atoms with Gasteiger partial charge in [0.2, 0.25) is 0 Å². The third-order valence-corrected chi connectivity index (χ3v) is 10.4. The van der Waals surface area contributed by atoms with E-state index in [9.17, 15) is 9.59 Å². The Morgan fingerprint density at radius 1 is 1.20 bits per heavy atom. The van der Waals surface area contributed by atoms with Crippen molar-refractivity contribution in [1.29, 1.82) is 0 Å². The van der Waals surface area contributed by atoms with Gasteiger partial charge in [0.05, 0.1) is 12.5 Å². The van der Waals surface area contributed by atoms with Crippen LogP contribution in [0.25, 0.3) is 0 Å². The highest BCUT2D eigenvalue weighted by Gasteiger charge is 2.66. The van der Waals surface area contributed by atoms with Crippen LogP contribution in [-0.2, 0) is 14.3 Å². The molecule has 0 saturated heterocycles. The fraction of sp³-hybridized carbons (Fsp3) is 0.867. The summed E-state index contributed by atoms with van der Waals surface area (Å²) in [6, 6.07) is 0. The van der Waals surface area contributed by atoms with Crippen LogP contribution in [0.5, 0.6) is 0 Å². The van der Waals surface area contributed by atoms with Gasteiger partial charge in [-0.25, -0.2) is 4.79 Å². The van der Waals surface area contributed by atoms with Crippen LogP contribution in [-0.4, -0.2) is 30.3 Å². The highest BCUT2D eigenvalue weighted by Crippen LogP contribution is 2.71. The first-order chi connectivity index (χ1) is 16.4. The van der Waals surface area contributed by atoms with Gasteiger partial charge in [-0.15, -0.1) is 0 Å². The van der Waals surface area contributed by atoms with Crippen LogP contribution in [0, 0.1) is 40.4 Å². The van der Waals surface area contributed by atoms with Crippen molar-refractivity contribution >= 4 is 12.1 Å². The summed E-state index contributed by atoms with van der Waals surface area (Å²) in [4.78, 5) is 25.6. The summed E-state index contributed by atoms with van der Waals surface area (Å²) in [5, 5.41) is 3.39. The summed E-state index contributed by atoms with van der Waals surface area (Å²) in [7, 11) is 1.55. The van der Waals surface area contributed by atoms with Gasteiger partial charge in [-0.05, 0) is 114 Å². The largest absolute Gasteiger partial charge is 0.469 e. The standard InChI is InChI=1S/C30H47NO4/c1-19(14-30(16-21-8-7-9-23(21)30)31-26(33)35-27(3,4)5)10-11-28-13-20(2)12-22-15-29(18-28,24(22)17-28)25(32)34-6/h12,19-21,23-24H,7-11,13-18H2,1-6H3,(H,31,33). The van der Waals surface area contributed by atoms with Gasteiger partial charge in [0.1, 0.15) is 5.60 Å². The van der Waals surface area contributed by atoms with Crippen molar-refractivity contribution in [2.24, 2.45) is 40.4 Å². The quantitative estimate of drug-likeness (QED) is 0.318. The first kappa shape index (κ1) is 25.1. The fourth-order valence-electron chi connectivity index (χ4n) is 9.42. The van der Waals surface area contributed by atoms with Crippen LogP contribution in [0.3, 0.4) is 0 Å². The number of hydrogen-bond donors (Lipinski definition) is 1. The Kier molecular flexibility index (Phi) is 6.12. The normalized spacial score (nSPS) is 42.1. The molecule has 0 heterocycles. The van der Waals surface area contributed by atoms with Crippen molar-refractivity contribution in [2.75, 3.05) is 7.11 Å². The second kappa shape index (κ2) is 8.52. The summed E-state index contributed by atoms with van der Waals surface area (Å²) < 4.78 is 11.0. The summed E-state index contributed by atoms with van der Waals surface area (Å²) in [5.74, 6) is 2.91. The molecule has 4 saturated carbocycles. The molecule has 5 aliphatic rings. The molecule has 5 aliphatic carbocycles. The van der Waals surface area contributed by atoms with E-state index < -0.39 is 5.60 Å². The second-order valence-electron chi connectivity index (χ2n) is 14.3. The summed E-state index contributed by atoms with van der Waals surface area (Å²) >= 11 is 0. The van der Waals surface area contributed by atoms with E-state index in [1.807, 2.05) is 20.8 Å². The smallest absolute Gasteiger partial charge is 0.408 e. The van der Waals surface area contributed by atoms with E-state index in [0.717, 1.165) is 44.4 Å². The number of esters is 1. The number of carbonyl (C=O) groups excluding carboxylic acids is 2. The van der Waals surface area contributed by atoms with Crippen molar-refractivity contribution in [2.45, 2.75) is 116 Å². The summed E-state index contributed by atoms with van der Waals surface area (Å²) in [6.07, 6.45) is 14.7. The maximum absolute atomic E-state index is 12.8. The second-order valence-corrected chi connectivity index (χ2v) is 14.3. The first-order valence-corrected chi connectivity index (χ1v) is 14.2. The van der Waals surface area contributed by atoms with Gasteiger partial charge in [-0.2, -0.15) is 0 Å². The van der Waals surface area contributed by atoms with Crippen LogP contribution >= 0.6 is 0 Å². The molecule has 5 heteroatoms. The van der Waals surface area contributed by atoms with Crippen LogP contribution in [0.2, 0.25) is 0 Å². The van der Waals surface area contributed by atoms with Gasteiger partial charge in [0.25, 0.3) is 0 Å². The van der Waals surface area contributed by atoms with E-state index in [1.165, 1.54) is 37.7 Å². The van der Waals surface area contributed by atoms with Crippen LogP contribution < -0.4 is 5.32 Å². The van der Waals surface area contributed by atoms with Crippen LogP contribution in [0.4, 0.5) is 4.79 Å². The molecule has 8 atom stereocenters. The highest BCUT2D eigenvalue weighted by atomic mass is 16.6. The van der Waals surface area contributed by atoms with E-state index >= 15 is 0 Å². The van der Waals surface area contributed by atoms with Gasteiger partial charge < -0.3 is 14.8 Å². The molecule has 35 heavy (non-hydrogen) atoms. The number of fused-ring (bicyclic) bond motifs is 2. The van der Waals surface area contributed by atoms with Gasteiger partial charge in [0.15, 0.2) is 0 Å². The lowest BCUT2D eigenvalue weighted by Crippen LogP contribution is -2.64. The lowest BCUT2D eigenvalue weighted by molar-refractivity contribution is -0.158. The minimum atomic E-state index is -0.477. The van der Waals surface area contributed by atoms with Crippen LogP contribution in [0.1, 0.15) is 105 Å². The Bertz CT molecular complexity index is 905. The van der Waals surface area contributed by atoms with E-state index in [0.29, 0.717) is 23.7 Å². The van der Waals surface area contributed by atoms with Gasteiger partial charge in [-0.3, -0.25) is 4.79 Å². The molecule has 0 radical (unpaired) electrons. The lowest BCUT2D eigenvalue weighted by Gasteiger charge is -2.54.